The number of hydrogen-bond acceptors (Lipinski definition) is 6. The molecule has 4 rings (SSSR count). The molecular formula is C24H32N4O3S. The van der Waals surface area contributed by atoms with Gasteiger partial charge < -0.3 is 15.0 Å². The zero-order valence-electron chi connectivity index (χ0n) is 18.9. The van der Waals surface area contributed by atoms with Crippen LogP contribution in [0.15, 0.2) is 29.8 Å². The van der Waals surface area contributed by atoms with Gasteiger partial charge >= 0.3 is 0 Å². The molecule has 2 aliphatic heterocycles. The first-order chi connectivity index (χ1) is 15.5. The number of nitrogens with zero attached hydrogens (tertiary/aromatic N) is 3. The number of thiazole rings is 1. The third-order valence-corrected chi connectivity index (χ3v) is 7.61. The summed E-state index contributed by atoms with van der Waals surface area (Å²) in [5, 5.41) is 3.19. The van der Waals surface area contributed by atoms with Crippen molar-refractivity contribution >= 4 is 28.8 Å². The molecule has 8 heteroatoms. The Morgan fingerprint density at radius 3 is 2.78 bits per heavy atom. The molecule has 2 aliphatic rings. The van der Waals surface area contributed by atoms with Gasteiger partial charge in [0.2, 0.25) is 11.8 Å². The Balaban J connectivity index is 1.64. The lowest BCUT2D eigenvalue weighted by atomic mass is 9.88. The molecule has 7 nitrogen and oxygen atoms in total. The number of amides is 2. The molecule has 0 radical (unpaired) electrons. The van der Waals surface area contributed by atoms with Crippen molar-refractivity contribution in [3.05, 3.63) is 40.3 Å². The Labute approximate surface area is 193 Å². The Morgan fingerprint density at radius 2 is 2.00 bits per heavy atom. The Kier molecular flexibility index (Phi) is 7.10. The lowest BCUT2D eigenvalue weighted by molar-refractivity contribution is -0.130. The topological polar surface area (TPSA) is 74.8 Å². The normalized spacial score (nSPS) is 22.9. The number of anilines is 1. The van der Waals surface area contributed by atoms with Crippen molar-refractivity contribution < 1.29 is 14.3 Å². The molecule has 2 aromatic rings. The van der Waals surface area contributed by atoms with Gasteiger partial charge in [0.15, 0.2) is 0 Å². The SMILES string of the molecule is CC(=O)N1CCCC[C@]2(CCCN2Cc2scnc2C)C(=O)Nc2ccccc2OCC1. The fourth-order valence-electron chi connectivity index (χ4n) is 4.82. The van der Waals surface area contributed by atoms with Gasteiger partial charge in [0.05, 0.1) is 23.4 Å². The predicted molar refractivity (Wildman–Crippen MR) is 126 cm³/mol. The molecule has 0 unspecified atom stereocenters. The summed E-state index contributed by atoms with van der Waals surface area (Å²) in [5.41, 5.74) is 3.03. The van der Waals surface area contributed by atoms with E-state index in [2.05, 4.69) is 15.2 Å². The number of likely N-dealkylation sites (tertiary alicyclic amines) is 1. The Morgan fingerprint density at radius 1 is 1.19 bits per heavy atom. The van der Waals surface area contributed by atoms with E-state index in [-0.39, 0.29) is 11.8 Å². The maximum Gasteiger partial charge on any atom is 0.245 e. The number of para-hydroxylation sites is 2. The number of benzene rings is 1. The van der Waals surface area contributed by atoms with Gasteiger partial charge in [-0.05, 0) is 57.7 Å². The second-order valence-electron chi connectivity index (χ2n) is 8.68. The fraction of sp³-hybridized carbons (Fsp3) is 0.542. The van der Waals surface area contributed by atoms with E-state index in [1.165, 1.54) is 4.88 Å². The van der Waals surface area contributed by atoms with E-state index in [0.717, 1.165) is 50.9 Å². The first-order valence-electron chi connectivity index (χ1n) is 11.4. The first-order valence-corrected chi connectivity index (χ1v) is 12.3. The first kappa shape index (κ1) is 22.7. The number of carbonyl (C=O) groups is 2. The van der Waals surface area contributed by atoms with Gasteiger partial charge in [0.1, 0.15) is 17.9 Å². The molecule has 0 saturated carbocycles. The summed E-state index contributed by atoms with van der Waals surface area (Å²) < 4.78 is 5.98. The molecule has 1 atom stereocenters. The number of aromatic nitrogens is 1. The van der Waals surface area contributed by atoms with Gasteiger partial charge in [-0.15, -0.1) is 11.3 Å². The summed E-state index contributed by atoms with van der Waals surface area (Å²) in [6, 6.07) is 7.56. The average Bonchev–Trinajstić information content (AvgIpc) is 3.37. The number of ether oxygens (including phenoxy) is 1. The van der Waals surface area contributed by atoms with E-state index < -0.39 is 5.54 Å². The molecule has 3 heterocycles. The van der Waals surface area contributed by atoms with Gasteiger partial charge in [-0.25, -0.2) is 4.98 Å². The summed E-state index contributed by atoms with van der Waals surface area (Å²) >= 11 is 1.65. The molecule has 1 N–H and O–H groups in total. The highest BCUT2D eigenvalue weighted by molar-refractivity contribution is 7.09. The average molecular weight is 457 g/mol. The fourth-order valence-corrected chi connectivity index (χ4v) is 5.61. The monoisotopic (exact) mass is 456 g/mol. The van der Waals surface area contributed by atoms with Crippen molar-refractivity contribution in [2.75, 3.05) is 31.6 Å². The largest absolute Gasteiger partial charge is 0.490 e. The molecule has 172 valence electrons. The molecule has 32 heavy (non-hydrogen) atoms. The molecule has 1 fully saturated rings. The van der Waals surface area contributed by atoms with Gasteiger partial charge in [-0.2, -0.15) is 0 Å². The van der Waals surface area contributed by atoms with Crippen molar-refractivity contribution in [1.29, 1.82) is 0 Å². The van der Waals surface area contributed by atoms with E-state index in [0.29, 0.717) is 31.1 Å². The third-order valence-electron chi connectivity index (χ3n) is 6.69. The highest BCUT2D eigenvalue weighted by Crippen LogP contribution is 2.38. The predicted octanol–water partition coefficient (Wildman–Crippen LogP) is 3.84. The van der Waals surface area contributed by atoms with Crippen LogP contribution in [0.3, 0.4) is 0 Å². The van der Waals surface area contributed by atoms with E-state index in [1.807, 2.05) is 41.6 Å². The minimum Gasteiger partial charge on any atom is -0.490 e. The van der Waals surface area contributed by atoms with Crippen LogP contribution in [-0.4, -0.2) is 58.4 Å². The maximum atomic E-state index is 13.8. The van der Waals surface area contributed by atoms with E-state index in [9.17, 15) is 9.59 Å². The van der Waals surface area contributed by atoms with E-state index >= 15 is 0 Å². The van der Waals surface area contributed by atoms with Crippen molar-refractivity contribution in [3.8, 4) is 5.75 Å². The van der Waals surface area contributed by atoms with Crippen molar-refractivity contribution in [1.82, 2.24) is 14.8 Å². The van der Waals surface area contributed by atoms with Gasteiger partial charge in [-0.3, -0.25) is 14.5 Å². The number of nitrogens with one attached hydrogen (secondary N) is 1. The molecular weight excluding hydrogens is 424 g/mol. The quantitative estimate of drug-likeness (QED) is 0.743. The molecule has 1 spiro atoms. The van der Waals surface area contributed by atoms with Crippen LogP contribution in [0, 0.1) is 6.92 Å². The van der Waals surface area contributed by atoms with Crippen molar-refractivity contribution in [3.63, 3.8) is 0 Å². The lowest BCUT2D eigenvalue weighted by Crippen LogP contribution is -2.52. The Bertz CT molecular complexity index is 962. The number of rotatable bonds is 2. The van der Waals surface area contributed by atoms with Crippen molar-refractivity contribution in [2.24, 2.45) is 0 Å². The van der Waals surface area contributed by atoms with E-state index in [4.69, 9.17) is 4.74 Å². The number of aryl methyl sites for hydroxylation is 1. The van der Waals surface area contributed by atoms with Crippen LogP contribution >= 0.6 is 11.3 Å². The summed E-state index contributed by atoms with van der Waals surface area (Å²) in [6.07, 6.45) is 4.34. The standard InChI is InChI=1S/C24H32N4O3S/c1-18-22(32-17-25-18)16-28-13-7-11-24(28)10-5-6-12-27(19(2)29)14-15-31-21-9-4-3-8-20(21)26-23(24)30/h3-4,8-9,17H,5-7,10-16H2,1-2H3,(H,26,30)/t24-/m0/s1. The zero-order chi connectivity index (χ0) is 22.6. The Hall–Kier alpha value is -2.45. The second kappa shape index (κ2) is 10.0. The minimum atomic E-state index is -0.571. The van der Waals surface area contributed by atoms with Crippen LogP contribution in [0.5, 0.6) is 5.75 Å². The van der Waals surface area contributed by atoms with Gasteiger partial charge in [0, 0.05) is 24.9 Å². The molecule has 1 aromatic carbocycles. The molecule has 1 saturated heterocycles. The summed E-state index contributed by atoms with van der Waals surface area (Å²) in [4.78, 5) is 35.7. The zero-order valence-corrected chi connectivity index (χ0v) is 19.7. The number of carbonyl (C=O) groups excluding carboxylic acids is 2. The van der Waals surface area contributed by atoms with Crippen LogP contribution in [0.2, 0.25) is 0 Å². The highest BCUT2D eigenvalue weighted by Gasteiger charge is 2.47. The molecule has 0 aliphatic carbocycles. The van der Waals surface area contributed by atoms with Gasteiger partial charge in [-0.1, -0.05) is 12.1 Å². The lowest BCUT2D eigenvalue weighted by Gasteiger charge is -2.37. The summed E-state index contributed by atoms with van der Waals surface area (Å²) in [5.74, 6) is 0.737. The maximum absolute atomic E-state index is 13.8. The van der Waals surface area contributed by atoms with Crippen LogP contribution in [0.1, 0.15) is 49.6 Å². The van der Waals surface area contributed by atoms with Crippen molar-refractivity contribution in [2.45, 2.75) is 58.0 Å². The van der Waals surface area contributed by atoms with E-state index in [1.54, 1.807) is 18.3 Å². The summed E-state index contributed by atoms with van der Waals surface area (Å²) in [6.45, 7) is 6.89. The van der Waals surface area contributed by atoms with Gasteiger partial charge in [0.25, 0.3) is 0 Å². The minimum absolute atomic E-state index is 0.0379. The second-order valence-corrected chi connectivity index (χ2v) is 9.62. The van der Waals surface area contributed by atoms with Crippen LogP contribution in [0.4, 0.5) is 5.69 Å². The smallest absolute Gasteiger partial charge is 0.245 e. The van der Waals surface area contributed by atoms with Crippen LogP contribution in [0.25, 0.3) is 0 Å². The molecule has 2 amide bonds. The number of hydrogen-bond donors (Lipinski definition) is 1. The third kappa shape index (κ3) is 4.81. The highest BCUT2D eigenvalue weighted by atomic mass is 32.1. The van der Waals surface area contributed by atoms with Crippen LogP contribution < -0.4 is 10.1 Å². The molecule has 1 aromatic heterocycles. The molecule has 0 bridgehead atoms. The summed E-state index contributed by atoms with van der Waals surface area (Å²) in [7, 11) is 0. The van der Waals surface area contributed by atoms with Crippen LogP contribution in [-0.2, 0) is 16.1 Å². The number of fused-ring (bicyclic) bond motifs is 1.